The highest BCUT2D eigenvalue weighted by Crippen LogP contribution is 2.31. The number of amides is 1. The smallest absolute Gasteiger partial charge is 0.227 e. The van der Waals surface area contributed by atoms with Crippen LogP contribution in [0, 0.1) is 17.3 Å². The summed E-state index contributed by atoms with van der Waals surface area (Å²) in [6, 6.07) is 0. The molecule has 2 fully saturated rings. The maximum atomic E-state index is 12.4. The molecule has 1 aliphatic heterocycles. The molecule has 0 spiro atoms. The SMILES string of the molecule is CC1CCCC(CNC(=O)C2(CN)CCOCC2)C1.Cl. The number of carbonyl (C=O) groups excluding carboxylic acids is 1. The summed E-state index contributed by atoms with van der Waals surface area (Å²) in [5, 5.41) is 3.16. The van der Waals surface area contributed by atoms with E-state index in [0.717, 1.165) is 25.3 Å². The average molecular weight is 305 g/mol. The van der Waals surface area contributed by atoms with Gasteiger partial charge in [0.05, 0.1) is 5.41 Å². The van der Waals surface area contributed by atoms with Gasteiger partial charge >= 0.3 is 0 Å². The Balaban J connectivity index is 0.00000200. The van der Waals surface area contributed by atoms with Crippen molar-refractivity contribution in [3.8, 4) is 0 Å². The zero-order valence-corrected chi connectivity index (χ0v) is 13.3. The molecule has 20 heavy (non-hydrogen) atoms. The Kier molecular flexibility index (Phi) is 7.27. The Morgan fingerprint density at radius 2 is 2.05 bits per heavy atom. The highest BCUT2D eigenvalue weighted by atomic mass is 35.5. The van der Waals surface area contributed by atoms with Gasteiger partial charge in [-0.1, -0.05) is 19.8 Å². The number of nitrogens with one attached hydrogen (secondary N) is 1. The van der Waals surface area contributed by atoms with E-state index in [1.807, 2.05) is 0 Å². The summed E-state index contributed by atoms with van der Waals surface area (Å²) in [7, 11) is 0. The second-order valence-electron chi connectivity index (χ2n) is 6.44. The van der Waals surface area contributed by atoms with Crippen molar-refractivity contribution in [3.63, 3.8) is 0 Å². The average Bonchev–Trinajstić information content (AvgIpc) is 2.45. The monoisotopic (exact) mass is 304 g/mol. The van der Waals surface area contributed by atoms with Gasteiger partial charge in [-0.2, -0.15) is 0 Å². The lowest BCUT2D eigenvalue weighted by Crippen LogP contribution is -2.50. The minimum atomic E-state index is -0.376. The third-order valence-electron chi connectivity index (χ3n) is 4.92. The van der Waals surface area contributed by atoms with Crippen LogP contribution in [-0.4, -0.2) is 32.2 Å². The van der Waals surface area contributed by atoms with Crippen molar-refractivity contribution in [3.05, 3.63) is 0 Å². The molecule has 1 amide bonds. The van der Waals surface area contributed by atoms with Crippen molar-refractivity contribution < 1.29 is 9.53 Å². The summed E-state index contributed by atoms with van der Waals surface area (Å²) in [4.78, 5) is 12.4. The number of rotatable bonds is 4. The molecule has 4 nitrogen and oxygen atoms in total. The third-order valence-corrected chi connectivity index (χ3v) is 4.92. The highest BCUT2D eigenvalue weighted by Gasteiger charge is 2.38. The molecule has 0 bridgehead atoms. The van der Waals surface area contributed by atoms with E-state index in [2.05, 4.69) is 12.2 Å². The molecule has 3 N–H and O–H groups in total. The van der Waals surface area contributed by atoms with Gasteiger partial charge < -0.3 is 15.8 Å². The standard InChI is InChI=1S/C15H28N2O2.ClH/c1-12-3-2-4-13(9-12)10-17-14(18)15(11-16)5-7-19-8-6-15;/h12-13H,2-11,16H2,1H3,(H,17,18);1H. The van der Waals surface area contributed by atoms with Gasteiger partial charge in [-0.3, -0.25) is 4.79 Å². The van der Waals surface area contributed by atoms with Crippen LogP contribution in [0.4, 0.5) is 0 Å². The first-order valence-corrected chi connectivity index (χ1v) is 7.72. The number of halogens is 1. The highest BCUT2D eigenvalue weighted by molar-refractivity contribution is 5.85. The summed E-state index contributed by atoms with van der Waals surface area (Å²) in [5.74, 6) is 1.61. The molecule has 1 saturated heterocycles. The molecule has 0 radical (unpaired) electrons. The van der Waals surface area contributed by atoms with Crippen LogP contribution in [0.5, 0.6) is 0 Å². The summed E-state index contributed by atoms with van der Waals surface area (Å²) in [6.45, 7) is 4.89. The van der Waals surface area contributed by atoms with Crippen molar-refractivity contribution in [1.82, 2.24) is 5.32 Å². The summed E-state index contributed by atoms with van der Waals surface area (Å²) >= 11 is 0. The van der Waals surface area contributed by atoms with Crippen molar-refractivity contribution in [2.24, 2.45) is 23.0 Å². The predicted octanol–water partition coefficient (Wildman–Crippen LogP) is 2.11. The van der Waals surface area contributed by atoms with Crippen molar-refractivity contribution in [1.29, 1.82) is 0 Å². The van der Waals surface area contributed by atoms with Crippen molar-refractivity contribution in [2.75, 3.05) is 26.3 Å². The second-order valence-corrected chi connectivity index (χ2v) is 6.44. The molecule has 1 saturated carbocycles. The fraction of sp³-hybridized carbons (Fsp3) is 0.933. The van der Waals surface area contributed by atoms with Crippen LogP contribution in [0.15, 0.2) is 0 Å². The van der Waals surface area contributed by atoms with Gasteiger partial charge in [0.25, 0.3) is 0 Å². The van der Waals surface area contributed by atoms with Gasteiger partial charge in [-0.05, 0) is 37.5 Å². The second kappa shape index (κ2) is 8.20. The molecular formula is C15H29ClN2O2. The van der Waals surface area contributed by atoms with E-state index in [4.69, 9.17) is 10.5 Å². The Labute approximate surface area is 128 Å². The molecule has 2 aliphatic rings. The zero-order chi connectivity index (χ0) is 13.7. The van der Waals surface area contributed by atoms with Gasteiger partial charge in [-0.15, -0.1) is 12.4 Å². The lowest BCUT2D eigenvalue weighted by Gasteiger charge is -2.35. The van der Waals surface area contributed by atoms with Crippen LogP contribution in [0.2, 0.25) is 0 Å². The molecule has 1 aliphatic carbocycles. The Morgan fingerprint density at radius 3 is 2.65 bits per heavy atom. The molecule has 0 aromatic heterocycles. The van der Waals surface area contributed by atoms with Crippen molar-refractivity contribution >= 4 is 18.3 Å². The van der Waals surface area contributed by atoms with Crippen molar-refractivity contribution in [2.45, 2.75) is 45.4 Å². The zero-order valence-electron chi connectivity index (χ0n) is 12.5. The quantitative estimate of drug-likeness (QED) is 0.836. The topological polar surface area (TPSA) is 64.4 Å². The minimum absolute atomic E-state index is 0. The first-order valence-electron chi connectivity index (χ1n) is 7.72. The number of nitrogens with two attached hydrogens (primary N) is 1. The molecule has 0 aromatic rings. The minimum Gasteiger partial charge on any atom is -0.381 e. The van der Waals surface area contributed by atoms with Crippen LogP contribution in [0.1, 0.15) is 45.4 Å². The lowest BCUT2D eigenvalue weighted by atomic mass is 9.78. The third kappa shape index (κ3) is 4.34. The predicted molar refractivity (Wildman–Crippen MR) is 82.9 cm³/mol. The van der Waals surface area contributed by atoms with E-state index in [1.165, 1.54) is 25.7 Å². The van der Waals surface area contributed by atoms with Gasteiger partial charge in [0.2, 0.25) is 5.91 Å². The Morgan fingerprint density at radius 1 is 1.35 bits per heavy atom. The van der Waals surface area contributed by atoms with E-state index in [9.17, 15) is 4.79 Å². The number of carbonyl (C=O) groups is 1. The van der Waals surface area contributed by atoms with Crippen LogP contribution < -0.4 is 11.1 Å². The van der Waals surface area contributed by atoms with Crippen LogP contribution in [0.25, 0.3) is 0 Å². The molecule has 2 rings (SSSR count). The molecular weight excluding hydrogens is 276 g/mol. The van der Waals surface area contributed by atoms with E-state index in [1.54, 1.807) is 0 Å². The Bertz CT molecular complexity index is 306. The molecule has 0 aromatic carbocycles. The number of hydrogen-bond acceptors (Lipinski definition) is 3. The maximum absolute atomic E-state index is 12.4. The molecule has 2 unspecified atom stereocenters. The van der Waals surface area contributed by atoms with Gasteiger partial charge in [0, 0.05) is 26.3 Å². The van der Waals surface area contributed by atoms with E-state index < -0.39 is 0 Å². The Hall–Kier alpha value is -0.320. The molecule has 1 heterocycles. The largest absolute Gasteiger partial charge is 0.381 e. The van der Waals surface area contributed by atoms with E-state index in [0.29, 0.717) is 25.7 Å². The fourth-order valence-electron chi connectivity index (χ4n) is 3.46. The molecule has 118 valence electrons. The summed E-state index contributed by atoms with van der Waals surface area (Å²) in [6.07, 6.45) is 6.67. The molecule has 2 atom stereocenters. The van der Waals surface area contributed by atoms with Crippen LogP contribution in [0.3, 0.4) is 0 Å². The first-order chi connectivity index (χ1) is 9.16. The van der Waals surface area contributed by atoms with Gasteiger partial charge in [0.1, 0.15) is 0 Å². The molecule has 5 heteroatoms. The summed E-state index contributed by atoms with van der Waals surface area (Å²) in [5.41, 5.74) is 5.48. The first kappa shape index (κ1) is 17.7. The van der Waals surface area contributed by atoms with Gasteiger partial charge in [-0.25, -0.2) is 0 Å². The lowest BCUT2D eigenvalue weighted by molar-refractivity contribution is -0.136. The van der Waals surface area contributed by atoms with Gasteiger partial charge in [0.15, 0.2) is 0 Å². The number of hydrogen-bond donors (Lipinski definition) is 2. The normalized spacial score (nSPS) is 29.3. The van der Waals surface area contributed by atoms with Crippen LogP contribution in [-0.2, 0) is 9.53 Å². The summed E-state index contributed by atoms with van der Waals surface area (Å²) < 4.78 is 5.35. The number of ether oxygens (including phenoxy) is 1. The maximum Gasteiger partial charge on any atom is 0.227 e. The van der Waals surface area contributed by atoms with E-state index >= 15 is 0 Å². The van der Waals surface area contributed by atoms with E-state index in [-0.39, 0.29) is 23.7 Å². The van der Waals surface area contributed by atoms with Crippen LogP contribution >= 0.6 is 12.4 Å². The fourth-order valence-corrected chi connectivity index (χ4v) is 3.46.